The fraction of sp³-hybridized carbons (Fsp3) is 0.375. The molecule has 12 heteroatoms. The summed E-state index contributed by atoms with van der Waals surface area (Å²) in [5.41, 5.74) is 0.434. The van der Waals surface area contributed by atoms with Crippen molar-refractivity contribution >= 4 is 36.1 Å². The molecule has 0 saturated carbocycles. The molecule has 1 fully saturated rings. The van der Waals surface area contributed by atoms with Gasteiger partial charge in [0, 0.05) is 6.54 Å². The molecule has 2 heterocycles. The van der Waals surface area contributed by atoms with Crippen molar-refractivity contribution in [2.24, 2.45) is 5.10 Å². The van der Waals surface area contributed by atoms with E-state index in [1.807, 2.05) is 5.32 Å². The molecular formula is C16H16F3N5O4. The summed E-state index contributed by atoms with van der Waals surface area (Å²) in [5, 5.41) is 6.99. The van der Waals surface area contributed by atoms with E-state index in [2.05, 4.69) is 5.10 Å². The summed E-state index contributed by atoms with van der Waals surface area (Å²) in [5.74, 6) is -2.08. The second-order valence-electron chi connectivity index (χ2n) is 5.99. The van der Waals surface area contributed by atoms with Crippen LogP contribution in [0.15, 0.2) is 23.3 Å². The van der Waals surface area contributed by atoms with Crippen LogP contribution in [0.25, 0.3) is 0 Å². The van der Waals surface area contributed by atoms with Crippen molar-refractivity contribution < 1.29 is 32.3 Å². The van der Waals surface area contributed by atoms with Crippen molar-refractivity contribution in [2.45, 2.75) is 12.5 Å². The van der Waals surface area contributed by atoms with Crippen molar-refractivity contribution in [3.8, 4) is 0 Å². The molecule has 1 atom stereocenters. The van der Waals surface area contributed by atoms with Crippen LogP contribution in [0, 0.1) is 5.82 Å². The maximum Gasteiger partial charge on any atom is 0.414 e. The number of hydrogen-bond acceptors (Lipinski definition) is 6. The van der Waals surface area contributed by atoms with Gasteiger partial charge in [0.05, 0.1) is 31.0 Å². The van der Waals surface area contributed by atoms with Crippen LogP contribution in [-0.4, -0.2) is 68.5 Å². The smallest absolute Gasteiger partial charge is 0.414 e. The van der Waals surface area contributed by atoms with E-state index in [1.54, 1.807) is 0 Å². The van der Waals surface area contributed by atoms with E-state index in [-0.39, 0.29) is 24.5 Å². The molecule has 0 spiro atoms. The first-order chi connectivity index (χ1) is 13.4. The Labute approximate surface area is 157 Å². The van der Waals surface area contributed by atoms with Crippen molar-refractivity contribution in [1.82, 2.24) is 10.3 Å². The molecule has 1 N–H and O–H groups in total. The number of halogens is 3. The summed E-state index contributed by atoms with van der Waals surface area (Å²) in [6.45, 7) is 0.339. The first-order valence-corrected chi connectivity index (χ1v) is 8.25. The Bertz CT molecular complexity index is 806. The summed E-state index contributed by atoms with van der Waals surface area (Å²) >= 11 is 0. The van der Waals surface area contributed by atoms with Gasteiger partial charge in [-0.05, 0) is 18.2 Å². The van der Waals surface area contributed by atoms with Crippen LogP contribution in [0.1, 0.15) is 0 Å². The molecule has 150 valence electrons. The van der Waals surface area contributed by atoms with Gasteiger partial charge in [0.2, 0.25) is 6.41 Å². The third-order valence-corrected chi connectivity index (χ3v) is 4.16. The van der Waals surface area contributed by atoms with Gasteiger partial charge >= 0.3 is 12.5 Å². The zero-order valence-electron chi connectivity index (χ0n) is 14.4. The van der Waals surface area contributed by atoms with E-state index < -0.39 is 30.3 Å². The Morgan fingerprint density at radius 1 is 1.39 bits per heavy atom. The highest BCUT2D eigenvalue weighted by atomic mass is 19.3. The van der Waals surface area contributed by atoms with Crippen molar-refractivity contribution in [2.75, 3.05) is 36.0 Å². The molecule has 28 heavy (non-hydrogen) atoms. The zero-order valence-corrected chi connectivity index (χ0v) is 14.4. The van der Waals surface area contributed by atoms with Crippen LogP contribution in [0.3, 0.4) is 0 Å². The van der Waals surface area contributed by atoms with Gasteiger partial charge in [0.25, 0.3) is 5.91 Å². The van der Waals surface area contributed by atoms with Gasteiger partial charge in [-0.3, -0.25) is 14.5 Å². The van der Waals surface area contributed by atoms with Gasteiger partial charge in [-0.2, -0.15) is 13.9 Å². The number of cyclic esters (lactones) is 1. The number of alkyl halides is 2. The van der Waals surface area contributed by atoms with Gasteiger partial charge in [0.1, 0.15) is 18.3 Å². The quantitative estimate of drug-likeness (QED) is 0.713. The second kappa shape index (κ2) is 8.15. The lowest BCUT2D eigenvalue weighted by atomic mass is 10.2. The molecule has 0 aliphatic carbocycles. The standard InChI is InChI=1S/C16H16F3N5O4/c17-12-5-10(1-2-13(12)22-3-4-23(9-25)21-8-22)24-7-11(28-16(24)27)6-20-15(26)14(18)19/h1-2,5,8-9,11,14H,3-4,6-7H2,(H,20,26)/t11-/m0/s1. The van der Waals surface area contributed by atoms with Crippen LogP contribution >= 0.6 is 0 Å². The Morgan fingerprint density at radius 3 is 2.79 bits per heavy atom. The summed E-state index contributed by atoms with van der Waals surface area (Å²) in [7, 11) is 0. The topological polar surface area (TPSA) is 94.5 Å². The van der Waals surface area contributed by atoms with Crippen molar-refractivity contribution in [3.63, 3.8) is 0 Å². The number of nitrogens with one attached hydrogen (secondary N) is 1. The predicted octanol–water partition coefficient (Wildman–Crippen LogP) is 0.754. The molecule has 2 aliphatic heterocycles. The van der Waals surface area contributed by atoms with E-state index in [0.29, 0.717) is 19.5 Å². The summed E-state index contributed by atoms with van der Waals surface area (Å²) in [6, 6.07) is 4.09. The van der Waals surface area contributed by atoms with Gasteiger partial charge < -0.3 is 15.0 Å². The Kier molecular flexibility index (Phi) is 5.66. The summed E-state index contributed by atoms with van der Waals surface area (Å²) < 4.78 is 43.9. The minimum atomic E-state index is -3.16. The third-order valence-electron chi connectivity index (χ3n) is 4.16. The lowest BCUT2D eigenvalue weighted by Gasteiger charge is -2.27. The fourth-order valence-electron chi connectivity index (χ4n) is 2.74. The average Bonchev–Trinajstić information content (AvgIpc) is 3.06. The first-order valence-electron chi connectivity index (χ1n) is 8.25. The van der Waals surface area contributed by atoms with Crippen LogP contribution < -0.4 is 15.1 Å². The molecule has 2 aliphatic rings. The Balaban J connectivity index is 1.66. The predicted molar refractivity (Wildman–Crippen MR) is 91.6 cm³/mol. The van der Waals surface area contributed by atoms with Crippen LogP contribution in [0.5, 0.6) is 0 Å². The minimum Gasteiger partial charge on any atom is -0.442 e. The minimum absolute atomic E-state index is 0.0272. The van der Waals surface area contributed by atoms with E-state index in [9.17, 15) is 27.6 Å². The highest BCUT2D eigenvalue weighted by Gasteiger charge is 2.33. The van der Waals surface area contributed by atoms with Gasteiger partial charge in [-0.1, -0.05) is 0 Å². The second-order valence-corrected chi connectivity index (χ2v) is 5.99. The molecule has 1 saturated heterocycles. The average molecular weight is 399 g/mol. The number of hydrazone groups is 1. The van der Waals surface area contributed by atoms with Gasteiger partial charge in [0.15, 0.2) is 0 Å². The maximum atomic E-state index is 14.5. The van der Waals surface area contributed by atoms with E-state index in [4.69, 9.17) is 4.74 Å². The third kappa shape index (κ3) is 4.15. The fourth-order valence-corrected chi connectivity index (χ4v) is 2.74. The zero-order chi connectivity index (χ0) is 20.3. The first kappa shape index (κ1) is 19.5. The SMILES string of the molecule is O=CN1CCN(c2ccc(N3C[C@H](CNC(=O)C(F)F)OC3=O)cc2F)C=N1. The number of anilines is 2. The van der Waals surface area contributed by atoms with Crippen LogP contribution in [-0.2, 0) is 14.3 Å². The molecule has 0 aromatic heterocycles. The van der Waals surface area contributed by atoms with E-state index in [0.717, 1.165) is 11.0 Å². The van der Waals surface area contributed by atoms with Crippen LogP contribution in [0.4, 0.5) is 29.3 Å². The number of hydrogen-bond donors (Lipinski definition) is 1. The lowest BCUT2D eigenvalue weighted by Crippen LogP contribution is -2.38. The van der Waals surface area contributed by atoms with E-state index in [1.165, 1.54) is 28.4 Å². The largest absolute Gasteiger partial charge is 0.442 e. The van der Waals surface area contributed by atoms with Gasteiger partial charge in [-0.15, -0.1) is 0 Å². The van der Waals surface area contributed by atoms with Gasteiger partial charge in [-0.25, -0.2) is 14.2 Å². The van der Waals surface area contributed by atoms with Crippen LogP contribution in [0.2, 0.25) is 0 Å². The molecule has 9 nitrogen and oxygen atoms in total. The number of benzene rings is 1. The monoisotopic (exact) mass is 399 g/mol. The molecule has 1 aromatic carbocycles. The number of carbonyl (C=O) groups excluding carboxylic acids is 3. The lowest BCUT2D eigenvalue weighted by molar-refractivity contribution is -0.132. The summed E-state index contributed by atoms with van der Waals surface area (Å²) in [6.07, 6.45) is -2.88. The number of nitrogens with zero attached hydrogens (tertiary/aromatic N) is 4. The molecule has 0 unspecified atom stereocenters. The molecule has 3 rings (SSSR count). The number of ether oxygens (including phenoxy) is 1. The number of amides is 3. The molecule has 3 amide bonds. The molecule has 1 aromatic rings. The van der Waals surface area contributed by atoms with E-state index >= 15 is 0 Å². The highest BCUT2D eigenvalue weighted by Crippen LogP contribution is 2.28. The maximum absolute atomic E-state index is 14.5. The number of carbonyl (C=O) groups is 3. The van der Waals surface area contributed by atoms with Crippen molar-refractivity contribution in [3.05, 3.63) is 24.0 Å². The molecule has 0 bridgehead atoms. The Hall–Kier alpha value is -3.31. The normalized spacial score (nSPS) is 19.2. The highest BCUT2D eigenvalue weighted by molar-refractivity contribution is 5.90. The van der Waals surface area contributed by atoms with Crippen molar-refractivity contribution in [1.29, 1.82) is 0 Å². The molecular weight excluding hydrogens is 383 g/mol. The Morgan fingerprint density at radius 2 is 2.18 bits per heavy atom. The summed E-state index contributed by atoms with van der Waals surface area (Å²) in [4.78, 5) is 36.2. The number of rotatable bonds is 6. The molecule has 0 radical (unpaired) electrons.